The Morgan fingerprint density at radius 2 is 1.85 bits per heavy atom. The molecular weight excluding hydrogens is 439 g/mol. The van der Waals surface area contributed by atoms with Crippen LogP contribution in [0.3, 0.4) is 0 Å². The van der Waals surface area contributed by atoms with E-state index in [0.717, 1.165) is 32.4 Å². The number of benzene rings is 1. The molecule has 0 bridgehead atoms. The topological polar surface area (TPSA) is 74.3 Å². The number of nitrogens with one attached hydrogen (secondary N) is 1. The Kier molecular flexibility index (Phi) is 6.41. The van der Waals surface area contributed by atoms with Crippen molar-refractivity contribution in [3.63, 3.8) is 0 Å². The first-order valence-corrected chi connectivity index (χ1v) is 12.5. The molecule has 1 aromatic rings. The van der Waals surface area contributed by atoms with E-state index in [4.69, 9.17) is 9.47 Å². The summed E-state index contributed by atoms with van der Waals surface area (Å²) in [6.07, 6.45) is 4.77. The predicted octanol–water partition coefficient (Wildman–Crippen LogP) is 3.02. The monoisotopic (exact) mass is 474 g/mol. The van der Waals surface area contributed by atoms with E-state index >= 15 is 0 Å². The second kappa shape index (κ2) is 9.34. The first-order chi connectivity index (χ1) is 16.4. The van der Waals surface area contributed by atoms with Gasteiger partial charge in [0.1, 0.15) is 5.82 Å². The van der Waals surface area contributed by atoms with Crippen molar-refractivity contribution in [2.24, 2.45) is 11.8 Å². The number of hydrogen-bond donors (Lipinski definition) is 1. The van der Waals surface area contributed by atoms with Gasteiger partial charge >= 0.3 is 6.09 Å². The van der Waals surface area contributed by atoms with Gasteiger partial charge < -0.3 is 19.3 Å². The number of piperazine rings is 1. The van der Waals surface area contributed by atoms with Crippen LogP contribution in [0.5, 0.6) is 11.5 Å². The minimum atomic E-state index is -0.515. The Morgan fingerprint density at radius 1 is 1.06 bits per heavy atom. The molecule has 2 aliphatic carbocycles. The Morgan fingerprint density at radius 3 is 2.56 bits per heavy atom. The van der Waals surface area contributed by atoms with Crippen LogP contribution >= 0.6 is 0 Å². The molecule has 2 heterocycles. The van der Waals surface area contributed by atoms with E-state index in [2.05, 4.69) is 10.4 Å². The Bertz CT molecular complexity index is 941. The van der Waals surface area contributed by atoms with E-state index in [1.807, 2.05) is 11.8 Å². The van der Waals surface area contributed by atoms with E-state index in [1.165, 1.54) is 38.2 Å². The fourth-order valence-electron chi connectivity index (χ4n) is 6.32. The molecule has 2 aliphatic heterocycles. The zero-order chi connectivity index (χ0) is 24.0. The fourth-order valence-corrected chi connectivity index (χ4v) is 6.32. The molecule has 4 fully saturated rings. The van der Waals surface area contributed by atoms with Crippen molar-refractivity contribution >= 4 is 12.0 Å². The highest BCUT2D eigenvalue weighted by Gasteiger charge is 2.49. The smallest absolute Gasteiger partial charge is 0.415 e. The molecule has 2 amide bonds. The van der Waals surface area contributed by atoms with Gasteiger partial charge in [0.15, 0.2) is 11.5 Å². The summed E-state index contributed by atoms with van der Waals surface area (Å²) >= 11 is 0. The number of halogens is 1. The molecule has 0 spiro atoms. The summed E-state index contributed by atoms with van der Waals surface area (Å²) in [4.78, 5) is 29.7. The molecule has 0 radical (unpaired) electrons. The molecule has 5 rings (SSSR count). The second-order valence-corrected chi connectivity index (χ2v) is 10.3. The van der Waals surface area contributed by atoms with Gasteiger partial charge in [0.05, 0.1) is 19.2 Å². The van der Waals surface area contributed by atoms with Crippen molar-refractivity contribution in [2.75, 3.05) is 26.7 Å². The van der Waals surface area contributed by atoms with Crippen molar-refractivity contribution < 1.29 is 23.5 Å². The van der Waals surface area contributed by atoms with Crippen molar-refractivity contribution in [2.45, 2.75) is 70.1 Å². The SMILES string of the molecule is COc1ccc(F)cc1OC(=O)N1C[C@H](C)N(C(C)=O)C2CCC(C3CNN(C4CC4)C3)CC21. The number of hydrazine groups is 1. The Balaban J connectivity index is 1.35. The molecule has 5 atom stereocenters. The summed E-state index contributed by atoms with van der Waals surface area (Å²) in [6, 6.07) is 4.30. The molecule has 9 heteroatoms. The maximum absolute atomic E-state index is 13.8. The van der Waals surface area contributed by atoms with Gasteiger partial charge in [0, 0.05) is 44.7 Å². The molecule has 2 saturated carbocycles. The Hall–Kier alpha value is -2.39. The average Bonchev–Trinajstić information content (AvgIpc) is 3.54. The predicted molar refractivity (Wildman–Crippen MR) is 124 cm³/mol. The molecule has 4 unspecified atom stereocenters. The van der Waals surface area contributed by atoms with Gasteiger partial charge in [-0.1, -0.05) is 0 Å². The minimum Gasteiger partial charge on any atom is -0.493 e. The van der Waals surface area contributed by atoms with Crippen molar-refractivity contribution in [1.29, 1.82) is 0 Å². The van der Waals surface area contributed by atoms with E-state index in [0.29, 0.717) is 30.2 Å². The molecule has 4 aliphatic rings. The first kappa shape index (κ1) is 23.4. The number of hydrogen-bond acceptors (Lipinski definition) is 6. The number of amides is 2. The lowest BCUT2D eigenvalue weighted by Gasteiger charge is -2.54. The molecule has 34 heavy (non-hydrogen) atoms. The summed E-state index contributed by atoms with van der Waals surface area (Å²) in [5.41, 5.74) is 3.57. The summed E-state index contributed by atoms with van der Waals surface area (Å²) in [5.74, 6) is 0.927. The number of carbonyl (C=O) groups is 2. The molecular formula is C25H35FN4O4. The number of rotatable bonds is 4. The highest BCUT2D eigenvalue weighted by atomic mass is 19.1. The molecule has 0 aromatic heterocycles. The van der Waals surface area contributed by atoms with Gasteiger partial charge in [-0.2, -0.15) is 0 Å². The molecule has 186 valence electrons. The van der Waals surface area contributed by atoms with Crippen LogP contribution in [-0.2, 0) is 4.79 Å². The van der Waals surface area contributed by atoms with Crippen LogP contribution in [-0.4, -0.2) is 77.7 Å². The summed E-state index contributed by atoms with van der Waals surface area (Å²) < 4.78 is 24.8. The second-order valence-electron chi connectivity index (χ2n) is 10.3. The van der Waals surface area contributed by atoms with Crippen LogP contribution in [0.15, 0.2) is 18.2 Å². The van der Waals surface area contributed by atoms with Gasteiger partial charge in [0.2, 0.25) is 5.91 Å². The normalized spacial score (nSPS) is 31.8. The number of carbonyl (C=O) groups excluding carboxylic acids is 2. The third-order valence-electron chi connectivity index (χ3n) is 8.08. The zero-order valence-electron chi connectivity index (χ0n) is 20.2. The maximum Gasteiger partial charge on any atom is 0.415 e. The summed E-state index contributed by atoms with van der Waals surface area (Å²) in [6.45, 7) is 5.99. The van der Waals surface area contributed by atoms with Crippen molar-refractivity contribution in [1.82, 2.24) is 20.2 Å². The third-order valence-corrected chi connectivity index (χ3v) is 8.08. The van der Waals surface area contributed by atoms with Gasteiger partial charge in [-0.05, 0) is 63.0 Å². The van der Waals surface area contributed by atoms with E-state index in [9.17, 15) is 14.0 Å². The highest BCUT2D eigenvalue weighted by Crippen LogP contribution is 2.41. The largest absolute Gasteiger partial charge is 0.493 e. The molecule has 8 nitrogen and oxygen atoms in total. The van der Waals surface area contributed by atoms with E-state index in [-0.39, 0.29) is 29.8 Å². The lowest BCUT2D eigenvalue weighted by molar-refractivity contribution is -0.142. The maximum atomic E-state index is 13.8. The summed E-state index contributed by atoms with van der Waals surface area (Å²) in [5, 5.41) is 2.39. The van der Waals surface area contributed by atoms with Crippen LogP contribution in [0.2, 0.25) is 0 Å². The fraction of sp³-hybridized carbons (Fsp3) is 0.680. The molecule has 1 N–H and O–H groups in total. The highest BCUT2D eigenvalue weighted by molar-refractivity contribution is 5.76. The van der Waals surface area contributed by atoms with Gasteiger partial charge in [-0.3, -0.25) is 10.2 Å². The first-order valence-electron chi connectivity index (χ1n) is 12.5. The van der Waals surface area contributed by atoms with Crippen LogP contribution in [0.1, 0.15) is 46.0 Å². The Labute approximate surface area is 200 Å². The van der Waals surface area contributed by atoms with Crippen LogP contribution in [0.25, 0.3) is 0 Å². The number of ether oxygens (including phenoxy) is 2. The van der Waals surface area contributed by atoms with E-state index in [1.54, 1.807) is 11.8 Å². The van der Waals surface area contributed by atoms with Crippen LogP contribution in [0, 0.1) is 17.7 Å². The summed E-state index contributed by atoms with van der Waals surface area (Å²) in [7, 11) is 1.46. The van der Waals surface area contributed by atoms with Crippen LogP contribution in [0.4, 0.5) is 9.18 Å². The lowest BCUT2D eigenvalue weighted by Crippen LogP contribution is -2.67. The standard InChI is InChI=1S/C25H35FN4O4/c1-15-13-28(25(32)34-24-11-19(26)5-9-23(24)33-3)22-10-17(4-8-21(22)30(15)16(2)31)18-12-27-29(14-18)20-6-7-20/h5,9,11,15,17-18,20-22,27H,4,6-8,10,12-14H2,1-3H3/t15-,17?,18?,21?,22?/m0/s1. The van der Waals surface area contributed by atoms with Gasteiger partial charge in [0.25, 0.3) is 0 Å². The number of fused-ring (bicyclic) bond motifs is 1. The number of methoxy groups -OCH3 is 1. The van der Waals surface area contributed by atoms with Crippen molar-refractivity contribution in [3.8, 4) is 11.5 Å². The molecule has 1 aromatic carbocycles. The van der Waals surface area contributed by atoms with Gasteiger partial charge in [-0.15, -0.1) is 0 Å². The molecule has 2 saturated heterocycles. The zero-order valence-corrected chi connectivity index (χ0v) is 20.2. The average molecular weight is 475 g/mol. The quantitative estimate of drug-likeness (QED) is 0.723. The van der Waals surface area contributed by atoms with E-state index < -0.39 is 11.9 Å². The minimum absolute atomic E-state index is 0.0339. The van der Waals surface area contributed by atoms with Gasteiger partial charge in [-0.25, -0.2) is 14.2 Å². The third kappa shape index (κ3) is 4.47. The van der Waals surface area contributed by atoms with Crippen molar-refractivity contribution in [3.05, 3.63) is 24.0 Å². The number of nitrogens with zero attached hydrogens (tertiary/aromatic N) is 3. The van der Waals surface area contributed by atoms with Crippen LogP contribution < -0.4 is 14.9 Å². The lowest BCUT2D eigenvalue weighted by atomic mass is 9.73.